The first-order valence-electron chi connectivity index (χ1n) is 8.97. The van der Waals surface area contributed by atoms with Crippen molar-refractivity contribution >= 4 is 51.5 Å². The Morgan fingerprint density at radius 3 is 2.68 bits per heavy atom. The lowest BCUT2D eigenvalue weighted by Crippen LogP contribution is -2.54. The zero-order valence-electron chi connectivity index (χ0n) is 14.9. The number of aromatic nitrogens is 2. The van der Waals surface area contributed by atoms with E-state index in [1.54, 1.807) is 6.07 Å². The average Bonchev–Trinajstić information content (AvgIpc) is 3.02. The summed E-state index contributed by atoms with van der Waals surface area (Å²) in [6, 6.07) is 9.28. The third-order valence-corrected chi connectivity index (χ3v) is 6.45. The summed E-state index contributed by atoms with van der Waals surface area (Å²) in [7, 11) is 0. The Morgan fingerprint density at radius 1 is 1.14 bits per heavy atom. The van der Waals surface area contributed by atoms with E-state index in [0.29, 0.717) is 39.7 Å². The van der Waals surface area contributed by atoms with Crippen LogP contribution < -0.4 is 16.0 Å². The van der Waals surface area contributed by atoms with Gasteiger partial charge in [0.1, 0.15) is 12.1 Å². The highest BCUT2D eigenvalue weighted by Crippen LogP contribution is 2.42. The van der Waals surface area contributed by atoms with Gasteiger partial charge in [-0.05, 0) is 18.2 Å². The minimum Gasteiger partial charge on any atom is -0.383 e. The van der Waals surface area contributed by atoms with E-state index in [2.05, 4.69) is 15.3 Å². The van der Waals surface area contributed by atoms with Crippen LogP contribution in [0.4, 0.5) is 11.5 Å². The van der Waals surface area contributed by atoms with Crippen molar-refractivity contribution in [1.82, 2.24) is 15.3 Å². The normalized spacial score (nSPS) is 18.1. The number of carbonyl (C=O) groups excluding carboxylic acids is 1. The van der Waals surface area contributed by atoms with E-state index in [1.807, 2.05) is 29.2 Å². The minimum atomic E-state index is 0.0264. The van der Waals surface area contributed by atoms with Crippen LogP contribution in [0.3, 0.4) is 0 Å². The fraction of sp³-hybridized carbons (Fsp3) is 0.250. The van der Waals surface area contributed by atoms with E-state index in [-0.39, 0.29) is 11.3 Å². The van der Waals surface area contributed by atoms with Crippen molar-refractivity contribution in [1.29, 1.82) is 0 Å². The second-order valence-corrected chi connectivity index (χ2v) is 8.30. The highest BCUT2D eigenvalue weighted by atomic mass is 35.5. The molecule has 2 saturated heterocycles. The van der Waals surface area contributed by atoms with Gasteiger partial charge in [-0.2, -0.15) is 0 Å². The van der Waals surface area contributed by atoms with Crippen LogP contribution in [0.15, 0.2) is 36.7 Å². The van der Waals surface area contributed by atoms with Gasteiger partial charge in [-0.1, -0.05) is 35.3 Å². The Hall–Kier alpha value is -2.41. The van der Waals surface area contributed by atoms with Crippen molar-refractivity contribution in [2.24, 2.45) is 5.41 Å². The van der Waals surface area contributed by atoms with Gasteiger partial charge in [-0.15, -0.1) is 0 Å². The molecule has 8 heteroatoms. The smallest absolute Gasteiger partial charge is 0.227 e. The fourth-order valence-electron chi connectivity index (χ4n) is 4.09. The van der Waals surface area contributed by atoms with Gasteiger partial charge in [-0.25, -0.2) is 9.97 Å². The van der Waals surface area contributed by atoms with Gasteiger partial charge in [0.05, 0.1) is 15.6 Å². The molecule has 1 spiro atoms. The Bertz CT molecular complexity index is 1130. The number of carbonyl (C=O) groups is 1. The lowest BCUT2D eigenvalue weighted by molar-refractivity contribution is -0.118. The third kappa shape index (κ3) is 2.64. The molecule has 142 valence electrons. The standard InChI is InChI=1S/C20H17Cl2N5O/c21-15-3-1-2-12(17(15)22)13-4-11(5-14-18(13)25-10-26-19(14)23)27-9-20(6-16(27)28)7-24-8-20/h1-5,10,24H,6-9H2,(H2,23,25,26). The molecule has 2 aliphatic rings. The molecule has 3 heterocycles. The summed E-state index contributed by atoms with van der Waals surface area (Å²) in [5.41, 5.74) is 9.13. The summed E-state index contributed by atoms with van der Waals surface area (Å²) in [4.78, 5) is 23.1. The van der Waals surface area contributed by atoms with Crippen LogP contribution in [0.25, 0.3) is 22.0 Å². The van der Waals surface area contributed by atoms with Crippen LogP contribution in [-0.4, -0.2) is 35.5 Å². The Morgan fingerprint density at radius 2 is 1.96 bits per heavy atom. The number of hydrogen-bond acceptors (Lipinski definition) is 5. The molecule has 2 fully saturated rings. The summed E-state index contributed by atoms with van der Waals surface area (Å²) in [5, 5.41) is 4.85. The Kier molecular flexibility index (Phi) is 3.98. The maximum atomic E-state index is 12.8. The van der Waals surface area contributed by atoms with Crippen LogP contribution in [0.5, 0.6) is 0 Å². The number of rotatable bonds is 2. The molecular formula is C20H17Cl2N5O. The molecule has 0 saturated carbocycles. The van der Waals surface area contributed by atoms with Crippen LogP contribution in [-0.2, 0) is 4.79 Å². The molecule has 0 aliphatic carbocycles. The number of fused-ring (bicyclic) bond motifs is 1. The van der Waals surface area contributed by atoms with E-state index < -0.39 is 0 Å². The highest BCUT2D eigenvalue weighted by molar-refractivity contribution is 6.44. The molecule has 3 aromatic rings. The number of nitrogens with two attached hydrogens (primary N) is 1. The van der Waals surface area contributed by atoms with Gasteiger partial charge >= 0.3 is 0 Å². The van der Waals surface area contributed by atoms with E-state index in [0.717, 1.165) is 29.9 Å². The second-order valence-electron chi connectivity index (χ2n) is 7.51. The van der Waals surface area contributed by atoms with E-state index in [4.69, 9.17) is 28.9 Å². The van der Waals surface area contributed by atoms with Gasteiger partial charge in [0, 0.05) is 53.7 Å². The molecule has 0 unspecified atom stereocenters. The van der Waals surface area contributed by atoms with Gasteiger partial charge in [0.15, 0.2) is 0 Å². The molecule has 3 N–H and O–H groups in total. The average molecular weight is 414 g/mol. The first kappa shape index (κ1) is 17.7. The molecule has 1 amide bonds. The maximum Gasteiger partial charge on any atom is 0.227 e. The lowest BCUT2D eigenvalue weighted by Gasteiger charge is -2.38. The van der Waals surface area contributed by atoms with Crippen LogP contribution in [0.2, 0.25) is 10.0 Å². The SMILES string of the molecule is Nc1ncnc2c(-c3cccc(Cl)c3Cl)cc(N3CC4(CNC4)CC3=O)cc12. The zero-order valence-corrected chi connectivity index (χ0v) is 16.4. The Labute approximate surface area is 171 Å². The number of anilines is 2. The van der Waals surface area contributed by atoms with Crippen LogP contribution in [0.1, 0.15) is 6.42 Å². The lowest BCUT2D eigenvalue weighted by atomic mass is 9.81. The van der Waals surface area contributed by atoms with E-state index in [9.17, 15) is 4.79 Å². The van der Waals surface area contributed by atoms with Crippen molar-refractivity contribution < 1.29 is 4.79 Å². The summed E-state index contributed by atoms with van der Waals surface area (Å²) in [6.07, 6.45) is 1.97. The van der Waals surface area contributed by atoms with Crippen LogP contribution >= 0.6 is 23.2 Å². The summed E-state index contributed by atoms with van der Waals surface area (Å²) in [6.45, 7) is 2.41. The molecule has 1 aromatic heterocycles. The van der Waals surface area contributed by atoms with Crippen LogP contribution in [0, 0.1) is 5.41 Å². The summed E-state index contributed by atoms with van der Waals surface area (Å²) >= 11 is 12.7. The summed E-state index contributed by atoms with van der Waals surface area (Å²) < 4.78 is 0. The second kappa shape index (κ2) is 6.30. The zero-order chi connectivity index (χ0) is 19.5. The fourth-order valence-corrected chi connectivity index (χ4v) is 4.49. The number of nitrogens with zero attached hydrogens (tertiary/aromatic N) is 3. The molecule has 0 radical (unpaired) electrons. The van der Waals surface area contributed by atoms with E-state index in [1.165, 1.54) is 6.33 Å². The van der Waals surface area contributed by atoms with Gasteiger partial charge < -0.3 is 16.0 Å². The number of nitrogens with one attached hydrogen (secondary N) is 1. The first-order chi connectivity index (χ1) is 13.5. The highest BCUT2D eigenvalue weighted by Gasteiger charge is 2.47. The van der Waals surface area contributed by atoms with Gasteiger partial charge in [-0.3, -0.25) is 4.79 Å². The third-order valence-electron chi connectivity index (χ3n) is 5.63. The van der Waals surface area contributed by atoms with Crippen molar-refractivity contribution in [3.05, 3.63) is 46.7 Å². The molecule has 28 heavy (non-hydrogen) atoms. The van der Waals surface area contributed by atoms with Gasteiger partial charge in [0.25, 0.3) is 0 Å². The topological polar surface area (TPSA) is 84.1 Å². The minimum absolute atomic E-state index is 0.0264. The van der Waals surface area contributed by atoms with Crippen molar-refractivity contribution in [3.63, 3.8) is 0 Å². The summed E-state index contributed by atoms with van der Waals surface area (Å²) in [5.74, 6) is 0.470. The monoisotopic (exact) mass is 413 g/mol. The largest absolute Gasteiger partial charge is 0.383 e. The molecule has 0 bridgehead atoms. The predicted octanol–water partition coefficient (Wildman–Crippen LogP) is 3.51. The predicted molar refractivity (Wildman–Crippen MR) is 112 cm³/mol. The maximum absolute atomic E-state index is 12.8. The van der Waals surface area contributed by atoms with Crippen molar-refractivity contribution in [3.8, 4) is 11.1 Å². The molecule has 2 aliphatic heterocycles. The Balaban J connectivity index is 1.73. The van der Waals surface area contributed by atoms with E-state index >= 15 is 0 Å². The quantitative estimate of drug-likeness (QED) is 0.671. The number of nitrogen functional groups attached to an aromatic ring is 1. The molecule has 2 aromatic carbocycles. The molecule has 5 rings (SSSR count). The molecular weight excluding hydrogens is 397 g/mol. The van der Waals surface area contributed by atoms with Gasteiger partial charge in [0.2, 0.25) is 5.91 Å². The number of halogens is 2. The van der Waals surface area contributed by atoms with Crippen molar-refractivity contribution in [2.45, 2.75) is 6.42 Å². The number of benzene rings is 2. The molecule has 6 nitrogen and oxygen atoms in total. The number of amides is 1. The van der Waals surface area contributed by atoms with Crippen molar-refractivity contribution in [2.75, 3.05) is 30.3 Å². The number of hydrogen-bond donors (Lipinski definition) is 2. The molecule has 0 atom stereocenters. The first-order valence-corrected chi connectivity index (χ1v) is 9.73.